The SMILES string of the molecule is CC(C)N(C)S(=O)(=O)c1ccc(CNC(=O)CCc2nc(-c3ccco3)no2)cc1. The number of rotatable bonds is 9. The number of nitrogens with zero attached hydrogens (tertiary/aromatic N) is 3. The molecular weight excluding hydrogens is 408 g/mol. The minimum atomic E-state index is -3.52. The van der Waals surface area contributed by atoms with Gasteiger partial charge >= 0.3 is 0 Å². The summed E-state index contributed by atoms with van der Waals surface area (Å²) in [6.07, 6.45) is 2.01. The lowest BCUT2D eigenvalue weighted by atomic mass is 10.2. The maximum atomic E-state index is 12.5. The molecule has 0 fully saturated rings. The predicted octanol–water partition coefficient (Wildman–Crippen LogP) is 2.61. The first-order valence-corrected chi connectivity index (χ1v) is 10.9. The second-order valence-corrected chi connectivity index (χ2v) is 9.02. The molecule has 1 aromatic carbocycles. The highest BCUT2D eigenvalue weighted by atomic mass is 32.2. The summed E-state index contributed by atoms with van der Waals surface area (Å²) in [4.78, 5) is 16.5. The molecule has 160 valence electrons. The molecule has 0 aliphatic carbocycles. The van der Waals surface area contributed by atoms with Gasteiger partial charge in [-0.15, -0.1) is 0 Å². The number of hydrogen-bond acceptors (Lipinski definition) is 7. The zero-order chi connectivity index (χ0) is 21.7. The highest BCUT2D eigenvalue weighted by Gasteiger charge is 2.22. The standard InChI is InChI=1S/C20H24N4O5S/c1-14(2)24(3)30(26,27)16-8-6-15(7-9-16)13-21-18(25)10-11-19-22-20(23-29-19)17-5-4-12-28-17/h4-9,12,14H,10-11,13H2,1-3H3,(H,21,25). The average molecular weight is 433 g/mol. The van der Waals surface area contributed by atoms with Gasteiger partial charge in [-0.25, -0.2) is 8.42 Å². The highest BCUT2D eigenvalue weighted by Crippen LogP contribution is 2.18. The van der Waals surface area contributed by atoms with Crippen LogP contribution in [0.1, 0.15) is 31.7 Å². The molecule has 0 atom stereocenters. The summed E-state index contributed by atoms with van der Waals surface area (Å²) in [6, 6.07) is 9.78. The number of nitrogens with one attached hydrogen (secondary N) is 1. The van der Waals surface area contributed by atoms with Crippen LogP contribution in [0, 0.1) is 0 Å². The lowest BCUT2D eigenvalue weighted by molar-refractivity contribution is -0.121. The fourth-order valence-electron chi connectivity index (χ4n) is 2.59. The van der Waals surface area contributed by atoms with Gasteiger partial charge in [0.1, 0.15) is 0 Å². The topological polar surface area (TPSA) is 119 Å². The lowest BCUT2D eigenvalue weighted by Gasteiger charge is -2.21. The van der Waals surface area contributed by atoms with Crippen molar-refractivity contribution in [3.63, 3.8) is 0 Å². The number of hydrogen-bond donors (Lipinski definition) is 1. The molecule has 0 aliphatic rings. The number of aryl methyl sites for hydroxylation is 1. The van der Waals surface area contributed by atoms with Crippen molar-refractivity contribution in [3.05, 3.63) is 54.1 Å². The largest absolute Gasteiger partial charge is 0.461 e. The second kappa shape index (κ2) is 9.23. The van der Waals surface area contributed by atoms with E-state index in [1.807, 2.05) is 13.8 Å². The Morgan fingerprint density at radius 2 is 1.93 bits per heavy atom. The Morgan fingerprint density at radius 1 is 1.20 bits per heavy atom. The summed E-state index contributed by atoms with van der Waals surface area (Å²) < 4.78 is 36.6. The molecule has 10 heteroatoms. The van der Waals surface area contributed by atoms with Crippen LogP contribution in [-0.4, -0.2) is 41.9 Å². The van der Waals surface area contributed by atoms with Crippen molar-refractivity contribution in [1.29, 1.82) is 0 Å². The van der Waals surface area contributed by atoms with Crippen LogP contribution in [-0.2, 0) is 27.8 Å². The van der Waals surface area contributed by atoms with Gasteiger partial charge in [0.25, 0.3) is 0 Å². The van der Waals surface area contributed by atoms with E-state index in [9.17, 15) is 13.2 Å². The average Bonchev–Trinajstić information content (AvgIpc) is 3.42. The quantitative estimate of drug-likeness (QED) is 0.552. The van der Waals surface area contributed by atoms with Crippen molar-refractivity contribution >= 4 is 15.9 Å². The number of aromatic nitrogens is 2. The summed E-state index contributed by atoms with van der Waals surface area (Å²) in [5, 5.41) is 6.61. The molecule has 0 saturated carbocycles. The second-order valence-electron chi connectivity index (χ2n) is 7.02. The number of benzene rings is 1. The third kappa shape index (κ3) is 5.14. The van der Waals surface area contributed by atoms with Gasteiger partial charge in [0, 0.05) is 32.5 Å². The van der Waals surface area contributed by atoms with Gasteiger partial charge in [-0.1, -0.05) is 17.3 Å². The lowest BCUT2D eigenvalue weighted by Crippen LogP contribution is -2.33. The fraction of sp³-hybridized carbons (Fsp3) is 0.350. The van der Waals surface area contributed by atoms with Crippen molar-refractivity contribution < 1.29 is 22.2 Å². The Balaban J connectivity index is 1.49. The summed E-state index contributed by atoms with van der Waals surface area (Å²) in [5.41, 5.74) is 0.799. The van der Waals surface area contributed by atoms with E-state index < -0.39 is 10.0 Å². The minimum Gasteiger partial charge on any atom is -0.461 e. The Labute approximate surface area is 175 Å². The first-order valence-electron chi connectivity index (χ1n) is 9.47. The summed E-state index contributed by atoms with van der Waals surface area (Å²) in [7, 11) is -1.97. The maximum absolute atomic E-state index is 12.5. The summed E-state index contributed by atoms with van der Waals surface area (Å²) >= 11 is 0. The molecule has 0 spiro atoms. The van der Waals surface area contributed by atoms with Gasteiger partial charge in [0.2, 0.25) is 27.6 Å². The highest BCUT2D eigenvalue weighted by molar-refractivity contribution is 7.89. The van der Waals surface area contributed by atoms with Crippen LogP contribution in [0.4, 0.5) is 0 Å². The molecule has 30 heavy (non-hydrogen) atoms. The van der Waals surface area contributed by atoms with E-state index in [4.69, 9.17) is 8.94 Å². The third-order valence-corrected chi connectivity index (χ3v) is 6.64. The molecule has 2 aromatic heterocycles. The summed E-state index contributed by atoms with van der Waals surface area (Å²) in [5.74, 6) is 1.01. The minimum absolute atomic E-state index is 0.136. The molecule has 3 rings (SSSR count). The van der Waals surface area contributed by atoms with Crippen LogP contribution >= 0.6 is 0 Å². The molecule has 1 N–H and O–H groups in total. The number of furan rings is 1. The zero-order valence-electron chi connectivity index (χ0n) is 17.0. The Kier molecular flexibility index (Phi) is 6.68. The van der Waals surface area contributed by atoms with Crippen molar-refractivity contribution in [2.75, 3.05) is 7.05 Å². The van der Waals surface area contributed by atoms with E-state index in [2.05, 4.69) is 15.5 Å². The Hall–Kier alpha value is -2.98. The normalized spacial score (nSPS) is 11.9. The van der Waals surface area contributed by atoms with Crippen molar-refractivity contribution in [2.24, 2.45) is 0 Å². The van der Waals surface area contributed by atoms with Gasteiger partial charge < -0.3 is 14.3 Å². The molecule has 2 heterocycles. The first kappa shape index (κ1) is 21.7. The van der Waals surface area contributed by atoms with Gasteiger partial charge in [-0.3, -0.25) is 4.79 Å². The molecule has 0 saturated heterocycles. The molecule has 9 nitrogen and oxygen atoms in total. The third-order valence-electron chi connectivity index (χ3n) is 4.59. The monoisotopic (exact) mass is 432 g/mol. The van der Waals surface area contributed by atoms with Crippen molar-refractivity contribution in [2.45, 2.75) is 44.2 Å². The van der Waals surface area contributed by atoms with Crippen LogP contribution < -0.4 is 5.32 Å². The molecule has 0 radical (unpaired) electrons. The van der Waals surface area contributed by atoms with Crippen LogP contribution in [0.15, 0.2) is 56.5 Å². The van der Waals surface area contributed by atoms with Crippen molar-refractivity contribution in [3.8, 4) is 11.6 Å². The van der Waals surface area contributed by atoms with Gasteiger partial charge in [0.05, 0.1) is 11.2 Å². The van der Waals surface area contributed by atoms with E-state index in [1.165, 1.54) is 10.6 Å². The Morgan fingerprint density at radius 3 is 2.57 bits per heavy atom. The van der Waals surface area contributed by atoms with E-state index in [1.54, 1.807) is 43.4 Å². The van der Waals surface area contributed by atoms with Crippen LogP contribution in [0.3, 0.4) is 0 Å². The van der Waals surface area contributed by atoms with E-state index in [0.717, 1.165) is 5.56 Å². The number of amides is 1. The molecule has 0 bridgehead atoms. The molecule has 0 aliphatic heterocycles. The first-order chi connectivity index (χ1) is 14.3. The molecule has 1 amide bonds. The van der Waals surface area contributed by atoms with Gasteiger partial charge in [-0.05, 0) is 43.7 Å². The maximum Gasteiger partial charge on any atom is 0.243 e. The number of sulfonamides is 1. The Bertz CT molecular complexity index is 1070. The van der Waals surface area contributed by atoms with E-state index in [-0.39, 0.29) is 23.3 Å². The van der Waals surface area contributed by atoms with Crippen LogP contribution in [0.2, 0.25) is 0 Å². The summed E-state index contributed by atoms with van der Waals surface area (Å²) in [6.45, 7) is 3.92. The van der Waals surface area contributed by atoms with Gasteiger partial charge in [-0.2, -0.15) is 9.29 Å². The smallest absolute Gasteiger partial charge is 0.243 e. The van der Waals surface area contributed by atoms with E-state index in [0.29, 0.717) is 30.4 Å². The van der Waals surface area contributed by atoms with Gasteiger partial charge in [0.15, 0.2) is 5.76 Å². The van der Waals surface area contributed by atoms with Crippen LogP contribution in [0.25, 0.3) is 11.6 Å². The fourth-order valence-corrected chi connectivity index (χ4v) is 3.96. The molecule has 0 unspecified atom stereocenters. The predicted molar refractivity (Wildman–Crippen MR) is 109 cm³/mol. The van der Waals surface area contributed by atoms with E-state index >= 15 is 0 Å². The number of carbonyl (C=O) groups excluding carboxylic acids is 1. The van der Waals surface area contributed by atoms with Crippen molar-refractivity contribution in [1.82, 2.24) is 19.8 Å². The molecular formula is C20H24N4O5S. The zero-order valence-corrected chi connectivity index (χ0v) is 17.8. The van der Waals surface area contributed by atoms with Crippen LogP contribution in [0.5, 0.6) is 0 Å². The number of carbonyl (C=O) groups is 1. The molecule has 3 aromatic rings.